The van der Waals surface area contributed by atoms with Crippen molar-refractivity contribution >= 4 is 0 Å². The number of aromatic nitrogens is 2. The van der Waals surface area contributed by atoms with Gasteiger partial charge in [0.1, 0.15) is 5.75 Å². The first-order chi connectivity index (χ1) is 10.9. The van der Waals surface area contributed by atoms with Crippen LogP contribution in [0.25, 0.3) is 11.3 Å². The van der Waals surface area contributed by atoms with Gasteiger partial charge in [-0.05, 0) is 50.8 Å². The van der Waals surface area contributed by atoms with Crippen LogP contribution in [0.1, 0.15) is 52.2 Å². The SMILES string of the molecule is CCCc1cn(CC(C)C)nc1-c1cc(C)ccc1OC(C)C. The second kappa shape index (κ2) is 7.67. The molecular formula is C20H30N2O. The minimum Gasteiger partial charge on any atom is -0.490 e. The van der Waals surface area contributed by atoms with Crippen LogP contribution in [0.2, 0.25) is 0 Å². The summed E-state index contributed by atoms with van der Waals surface area (Å²) >= 11 is 0. The summed E-state index contributed by atoms with van der Waals surface area (Å²) in [6, 6.07) is 6.37. The minimum atomic E-state index is 0.156. The van der Waals surface area contributed by atoms with E-state index in [9.17, 15) is 0 Å². The number of ether oxygens (including phenoxy) is 1. The van der Waals surface area contributed by atoms with Crippen molar-refractivity contribution in [2.24, 2.45) is 5.92 Å². The summed E-state index contributed by atoms with van der Waals surface area (Å²) in [7, 11) is 0. The number of hydrogen-bond acceptors (Lipinski definition) is 2. The van der Waals surface area contributed by atoms with Gasteiger partial charge >= 0.3 is 0 Å². The van der Waals surface area contributed by atoms with Crippen molar-refractivity contribution in [2.75, 3.05) is 0 Å². The maximum atomic E-state index is 6.03. The molecule has 126 valence electrons. The van der Waals surface area contributed by atoms with Crippen molar-refractivity contribution in [3.05, 3.63) is 35.5 Å². The van der Waals surface area contributed by atoms with E-state index in [1.54, 1.807) is 0 Å². The molecule has 1 aromatic carbocycles. The fraction of sp³-hybridized carbons (Fsp3) is 0.550. The molecule has 0 aliphatic heterocycles. The van der Waals surface area contributed by atoms with Gasteiger partial charge < -0.3 is 4.74 Å². The number of rotatable bonds is 7. The topological polar surface area (TPSA) is 27.1 Å². The fourth-order valence-electron chi connectivity index (χ4n) is 2.79. The molecule has 0 amide bonds. The van der Waals surface area contributed by atoms with Gasteiger partial charge in [0.25, 0.3) is 0 Å². The molecule has 3 heteroatoms. The van der Waals surface area contributed by atoms with Crippen LogP contribution in [0, 0.1) is 12.8 Å². The maximum absolute atomic E-state index is 6.03. The van der Waals surface area contributed by atoms with Gasteiger partial charge in [0.05, 0.1) is 11.8 Å². The molecule has 0 aliphatic carbocycles. The van der Waals surface area contributed by atoms with Crippen molar-refractivity contribution in [1.82, 2.24) is 9.78 Å². The molecular weight excluding hydrogens is 284 g/mol. The van der Waals surface area contributed by atoms with E-state index in [2.05, 4.69) is 70.6 Å². The molecule has 0 aliphatic rings. The normalized spacial score (nSPS) is 11.5. The highest BCUT2D eigenvalue weighted by molar-refractivity contribution is 5.70. The van der Waals surface area contributed by atoms with Crippen molar-refractivity contribution < 1.29 is 4.74 Å². The lowest BCUT2D eigenvalue weighted by Crippen LogP contribution is -2.07. The lowest BCUT2D eigenvalue weighted by atomic mass is 10.0. The molecule has 3 nitrogen and oxygen atoms in total. The predicted octanol–water partition coefficient (Wildman–Crippen LogP) is 5.25. The Morgan fingerprint density at radius 1 is 1.17 bits per heavy atom. The Kier molecular flexibility index (Phi) is 5.86. The summed E-state index contributed by atoms with van der Waals surface area (Å²) in [5.74, 6) is 1.51. The summed E-state index contributed by atoms with van der Waals surface area (Å²) in [4.78, 5) is 0. The van der Waals surface area contributed by atoms with E-state index in [1.165, 1.54) is 11.1 Å². The van der Waals surface area contributed by atoms with Gasteiger partial charge in [0, 0.05) is 18.3 Å². The van der Waals surface area contributed by atoms with E-state index in [4.69, 9.17) is 9.84 Å². The summed E-state index contributed by atoms with van der Waals surface area (Å²) in [5, 5.41) is 4.88. The molecule has 2 aromatic rings. The molecule has 1 aromatic heterocycles. The van der Waals surface area contributed by atoms with Crippen LogP contribution in [0.15, 0.2) is 24.4 Å². The second-order valence-corrected chi connectivity index (χ2v) is 7.04. The molecule has 2 rings (SSSR count). The van der Waals surface area contributed by atoms with Crippen LogP contribution in [-0.4, -0.2) is 15.9 Å². The molecule has 0 saturated carbocycles. The third-order valence-electron chi connectivity index (χ3n) is 3.66. The Labute approximate surface area is 140 Å². The minimum absolute atomic E-state index is 0.156. The number of benzene rings is 1. The van der Waals surface area contributed by atoms with Crippen molar-refractivity contribution in [3.63, 3.8) is 0 Å². The molecule has 0 spiro atoms. The first-order valence-electron chi connectivity index (χ1n) is 8.74. The highest BCUT2D eigenvalue weighted by atomic mass is 16.5. The molecule has 1 heterocycles. The largest absolute Gasteiger partial charge is 0.490 e. The zero-order valence-corrected chi connectivity index (χ0v) is 15.4. The van der Waals surface area contributed by atoms with Crippen molar-refractivity contribution in [2.45, 2.75) is 67.0 Å². The summed E-state index contributed by atoms with van der Waals surface area (Å²) in [6.07, 6.45) is 4.53. The van der Waals surface area contributed by atoms with E-state index in [0.717, 1.165) is 36.4 Å². The molecule has 23 heavy (non-hydrogen) atoms. The van der Waals surface area contributed by atoms with Gasteiger partial charge in [0.15, 0.2) is 0 Å². The average Bonchev–Trinajstić information content (AvgIpc) is 2.82. The average molecular weight is 314 g/mol. The Bertz CT molecular complexity index is 641. The molecule has 0 N–H and O–H groups in total. The van der Waals surface area contributed by atoms with Crippen LogP contribution < -0.4 is 4.74 Å². The lowest BCUT2D eigenvalue weighted by Gasteiger charge is -2.14. The van der Waals surface area contributed by atoms with Gasteiger partial charge in [-0.2, -0.15) is 5.10 Å². The maximum Gasteiger partial charge on any atom is 0.129 e. The Balaban J connectivity index is 2.50. The first kappa shape index (κ1) is 17.6. The van der Waals surface area contributed by atoms with E-state index in [-0.39, 0.29) is 6.10 Å². The van der Waals surface area contributed by atoms with E-state index < -0.39 is 0 Å². The van der Waals surface area contributed by atoms with E-state index in [0.29, 0.717) is 5.92 Å². The summed E-state index contributed by atoms with van der Waals surface area (Å²) in [5.41, 5.74) is 4.74. The zero-order valence-electron chi connectivity index (χ0n) is 15.4. The van der Waals surface area contributed by atoms with Crippen molar-refractivity contribution in [1.29, 1.82) is 0 Å². The van der Waals surface area contributed by atoms with Crippen LogP contribution in [0.5, 0.6) is 5.75 Å². The smallest absolute Gasteiger partial charge is 0.129 e. The highest BCUT2D eigenvalue weighted by Gasteiger charge is 2.16. The van der Waals surface area contributed by atoms with Crippen LogP contribution >= 0.6 is 0 Å². The lowest BCUT2D eigenvalue weighted by molar-refractivity contribution is 0.243. The summed E-state index contributed by atoms with van der Waals surface area (Å²) < 4.78 is 8.12. The van der Waals surface area contributed by atoms with E-state index in [1.807, 2.05) is 0 Å². The molecule has 0 radical (unpaired) electrons. The van der Waals surface area contributed by atoms with Crippen LogP contribution in [-0.2, 0) is 13.0 Å². The number of hydrogen-bond donors (Lipinski definition) is 0. The quantitative estimate of drug-likeness (QED) is 0.697. The fourth-order valence-corrected chi connectivity index (χ4v) is 2.79. The molecule has 0 atom stereocenters. The van der Waals surface area contributed by atoms with Gasteiger partial charge in [-0.15, -0.1) is 0 Å². The zero-order chi connectivity index (χ0) is 17.0. The molecule has 0 bridgehead atoms. The van der Waals surface area contributed by atoms with Gasteiger partial charge in [-0.1, -0.05) is 38.8 Å². The van der Waals surface area contributed by atoms with Gasteiger partial charge in [-0.3, -0.25) is 4.68 Å². The van der Waals surface area contributed by atoms with Gasteiger partial charge in [-0.25, -0.2) is 0 Å². The van der Waals surface area contributed by atoms with Crippen molar-refractivity contribution in [3.8, 4) is 17.0 Å². The predicted molar refractivity (Wildman–Crippen MR) is 97.0 cm³/mol. The Morgan fingerprint density at radius 3 is 2.52 bits per heavy atom. The standard InChI is InChI=1S/C20H30N2O/c1-7-8-17-13-22(12-14(2)3)21-20(17)18-11-16(6)9-10-19(18)23-15(4)5/h9-11,13-15H,7-8,12H2,1-6H3. The highest BCUT2D eigenvalue weighted by Crippen LogP contribution is 2.33. The summed E-state index contributed by atoms with van der Waals surface area (Å²) in [6.45, 7) is 13.9. The monoisotopic (exact) mass is 314 g/mol. The first-order valence-corrected chi connectivity index (χ1v) is 8.74. The van der Waals surface area contributed by atoms with E-state index >= 15 is 0 Å². The van der Waals surface area contributed by atoms with Gasteiger partial charge in [0.2, 0.25) is 0 Å². The number of aryl methyl sites for hydroxylation is 2. The third kappa shape index (κ3) is 4.60. The molecule has 0 unspecified atom stereocenters. The second-order valence-electron chi connectivity index (χ2n) is 7.04. The molecule has 0 saturated heterocycles. The molecule has 0 fully saturated rings. The van der Waals surface area contributed by atoms with Crippen LogP contribution in [0.3, 0.4) is 0 Å². The third-order valence-corrected chi connectivity index (χ3v) is 3.66. The van der Waals surface area contributed by atoms with Crippen LogP contribution in [0.4, 0.5) is 0 Å². The Morgan fingerprint density at radius 2 is 1.91 bits per heavy atom. The Hall–Kier alpha value is -1.77. The number of nitrogens with zero attached hydrogens (tertiary/aromatic N) is 2.